The van der Waals surface area contributed by atoms with Crippen molar-refractivity contribution in [2.75, 3.05) is 0 Å². The van der Waals surface area contributed by atoms with E-state index in [0.29, 0.717) is 16.1 Å². The van der Waals surface area contributed by atoms with Gasteiger partial charge in [0, 0.05) is 10.6 Å². The monoisotopic (exact) mass is 248 g/mol. The predicted molar refractivity (Wildman–Crippen MR) is 67.8 cm³/mol. The lowest BCUT2D eigenvalue weighted by Gasteiger charge is -2.19. The second-order valence-corrected chi connectivity index (χ2v) is 4.23. The first-order chi connectivity index (χ1) is 8.20. The van der Waals surface area contributed by atoms with E-state index in [0.717, 1.165) is 0 Å². The van der Waals surface area contributed by atoms with Crippen LogP contribution in [0.5, 0.6) is 0 Å². The van der Waals surface area contributed by atoms with Crippen LogP contribution in [0.1, 0.15) is 23.3 Å². The third kappa shape index (κ3) is 2.67. The first kappa shape index (κ1) is 12.1. The maximum Gasteiger partial charge on any atom is 0.110 e. The SMILES string of the molecule is OC(c1ccccc1Cl)[C@H](O)c1ccccc1. The smallest absolute Gasteiger partial charge is 0.110 e. The van der Waals surface area contributed by atoms with Gasteiger partial charge in [-0.2, -0.15) is 0 Å². The van der Waals surface area contributed by atoms with Gasteiger partial charge in [0.15, 0.2) is 0 Å². The summed E-state index contributed by atoms with van der Waals surface area (Å²) in [5, 5.41) is 20.6. The summed E-state index contributed by atoms with van der Waals surface area (Å²) in [7, 11) is 0. The second kappa shape index (κ2) is 5.32. The zero-order chi connectivity index (χ0) is 12.3. The van der Waals surface area contributed by atoms with Crippen LogP contribution in [-0.2, 0) is 0 Å². The number of halogens is 1. The Hall–Kier alpha value is -1.35. The number of benzene rings is 2. The van der Waals surface area contributed by atoms with Gasteiger partial charge in [0.05, 0.1) is 0 Å². The highest BCUT2D eigenvalue weighted by atomic mass is 35.5. The number of hydrogen-bond acceptors (Lipinski definition) is 2. The fraction of sp³-hybridized carbons (Fsp3) is 0.143. The second-order valence-electron chi connectivity index (χ2n) is 3.82. The van der Waals surface area contributed by atoms with Crippen LogP contribution in [0.2, 0.25) is 5.02 Å². The molecule has 0 aliphatic carbocycles. The highest BCUT2D eigenvalue weighted by molar-refractivity contribution is 6.31. The lowest BCUT2D eigenvalue weighted by atomic mass is 9.98. The zero-order valence-electron chi connectivity index (χ0n) is 9.12. The summed E-state index contributed by atoms with van der Waals surface area (Å²) in [5.74, 6) is 0. The molecule has 2 N–H and O–H groups in total. The number of rotatable bonds is 3. The molecule has 0 saturated carbocycles. The summed E-state index contributed by atoms with van der Waals surface area (Å²) in [6, 6.07) is 16.0. The Balaban J connectivity index is 2.27. The van der Waals surface area contributed by atoms with Crippen molar-refractivity contribution in [2.45, 2.75) is 12.2 Å². The van der Waals surface area contributed by atoms with Gasteiger partial charge in [-0.3, -0.25) is 0 Å². The van der Waals surface area contributed by atoms with Gasteiger partial charge in [0.25, 0.3) is 0 Å². The van der Waals surface area contributed by atoms with Crippen LogP contribution in [0.25, 0.3) is 0 Å². The van der Waals surface area contributed by atoms with Crippen molar-refractivity contribution in [1.29, 1.82) is 0 Å². The molecule has 2 nitrogen and oxygen atoms in total. The standard InChI is InChI=1S/C14H13ClO2/c15-12-9-5-4-8-11(12)14(17)13(16)10-6-2-1-3-7-10/h1-9,13-14,16-17H/t13-,14?/m1/s1. The fourth-order valence-electron chi connectivity index (χ4n) is 1.72. The molecule has 0 spiro atoms. The molecule has 0 aliphatic heterocycles. The topological polar surface area (TPSA) is 40.5 Å². The molecule has 2 atom stereocenters. The summed E-state index contributed by atoms with van der Waals surface area (Å²) in [6.45, 7) is 0. The lowest BCUT2D eigenvalue weighted by Crippen LogP contribution is -2.10. The number of hydrogen-bond donors (Lipinski definition) is 2. The van der Waals surface area contributed by atoms with Gasteiger partial charge in [-0.15, -0.1) is 0 Å². The number of aliphatic hydroxyl groups is 2. The summed E-state index contributed by atoms with van der Waals surface area (Å²) >= 11 is 5.98. The highest BCUT2D eigenvalue weighted by Crippen LogP contribution is 2.32. The summed E-state index contributed by atoms with van der Waals surface area (Å²) in [4.78, 5) is 0. The van der Waals surface area contributed by atoms with Crippen LogP contribution in [0.15, 0.2) is 54.6 Å². The summed E-state index contributed by atoms with van der Waals surface area (Å²) < 4.78 is 0. The Morgan fingerprint density at radius 3 is 2.00 bits per heavy atom. The Kier molecular flexibility index (Phi) is 3.79. The third-order valence-electron chi connectivity index (χ3n) is 2.66. The van der Waals surface area contributed by atoms with E-state index in [1.54, 1.807) is 36.4 Å². The minimum atomic E-state index is -1.02. The Bertz CT molecular complexity index is 485. The maximum atomic E-state index is 10.1. The third-order valence-corrected chi connectivity index (χ3v) is 3.01. The molecule has 0 aromatic heterocycles. The fourth-order valence-corrected chi connectivity index (χ4v) is 1.97. The van der Waals surface area contributed by atoms with E-state index in [4.69, 9.17) is 11.6 Å². The van der Waals surface area contributed by atoms with Crippen molar-refractivity contribution in [3.8, 4) is 0 Å². The molecular weight excluding hydrogens is 236 g/mol. The van der Waals surface area contributed by atoms with E-state index < -0.39 is 12.2 Å². The molecule has 0 bridgehead atoms. The molecule has 2 aromatic rings. The van der Waals surface area contributed by atoms with E-state index in [-0.39, 0.29) is 0 Å². The molecule has 3 heteroatoms. The van der Waals surface area contributed by atoms with Gasteiger partial charge in [-0.05, 0) is 11.6 Å². The van der Waals surface area contributed by atoms with Gasteiger partial charge < -0.3 is 10.2 Å². The Labute approximate surface area is 105 Å². The lowest BCUT2D eigenvalue weighted by molar-refractivity contribution is 0.0173. The van der Waals surface area contributed by atoms with Crippen LogP contribution in [0.4, 0.5) is 0 Å². The zero-order valence-corrected chi connectivity index (χ0v) is 9.88. The van der Waals surface area contributed by atoms with Crippen LogP contribution < -0.4 is 0 Å². The minimum absolute atomic E-state index is 0.454. The first-order valence-electron chi connectivity index (χ1n) is 5.35. The van der Waals surface area contributed by atoms with E-state index in [2.05, 4.69) is 0 Å². The molecule has 0 saturated heterocycles. The van der Waals surface area contributed by atoms with Gasteiger partial charge >= 0.3 is 0 Å². The van der Waals surface area contributed by atoms with Crippen molar-refractivity contribution >= 4 is 11.6 Å². The highest BCUT2D eigenvalue weighted by Gasteiger charge is 2.21. The summed E-state index contributed by atoms with van der Waals surface area (Å²) in [6.07, 6.45) is -2.00. The molecule has 1 unspecified atom stereocenters. The first-order valence-corrected chi connectivity index (χ1v) is 5.73. The van der Waals surface area contributed by atoms with E-state index in [9.17, 15) is 10.2 Å². The normalized spacial score (nSPS) is 14.3. The van der Waals surface area contributed by atoms with Crippen molar-refractivity contribution in [3.63, 3.8) is 0 Å². The van der Waals surface area contributed by atoms with Crippen LogP contribution in [-0.4, -0.2) is 10.2 Å². The molecule has 2 aromatic carbocycles. The molecule has 0 aliphatic rings. The minimum Gasteiger partial charge on any atom is -0.385 e. The molecule has 0 amide bonds. The van der Waals surface area contributed by atoms with Crippen LogP contribution in [0, 0.1) is 0 Å². The average Bonchev–Trinajstić information content (AvgIpc) is 2.39. The maximum absolute atomic E-state index is 10.1. The molecule has 17 heavy (non-hydrogen) atoms. The van der Waals surface area contributed by atoms with Crippen molar-refractivity contribution in [2.24, 2.45) is 0 Å². The van der Waals surface area contributed by atoms with Crippen molar-refractivity contribution in [3.05, 3.63) is 70.7 Å². The predicted octanol–water partition coefficient (Wildman–Crippen LogP) is 3.11. The molecule has 0 heterocycles. The Morgan fingerprint density at radius 2 is 1.35 bits per heavy atom. The quantitative estimate of drug-likeness (QED) is 0.876. The molecule has 0 fully saturated rings. The molecule has 0 radical (unpaired) electrons. The molecule has 2 rings (SSSR count). The molecule has 88 valence electrons. The van der Waals surface area contributed by atoms with Crippen molar-refractivity contribution < 1.29 is 10.2 Å². The average molecular weight is 249 g/mol. The van der Waals surface area contributed by atoms with Gasteiger partial charge in [0.2, 0.25) is 0 Å². The largest absolute Gasteiger partial charge is 0.385 e. The van der Waals surface area contributed by atoms with Crippen LogP contribution >= 0.6 is 11.6 Å². The van der Waals surface area contributed by atoms with Gasteiger partial charge in [-0.25, -0.2) is 0 Å². The van der Waals surface area contributed by atoms with Gasteiger partial charge in [0.1, 0.15) is 12.2 Å². The van der Waals surface area contributed by atoms with E-state index >= 15 is 0 Å². The van der Waals surface area contributed by atoms with Crippen molar-refractivity contribution in [1.82, 2.24) is 0 Å². The summed E-state index contributed by atoms with van der Waals surface area (Å²) in [5.41, 5.74) is 1.20. The van der Waals surface area contributed by atoms with Crippen LogP contribution in [0.3, 0.4) is 0 Å². The molecular formula is C14H13ClO2. The van der Waals surface area contributed by atoms with E-state index in [1.807, 2.05) is 18.2 Å². The number of aliphatic hydroxyl groups excluding tert-OH is 2. The van der Waals surface area contributed by atoms with E-state index in [1.165, 1.54) is 0 Å². The van der Waals surface area contributed by atoms with Gasteiger partial charge in [-0.1, -0.05) is 60.1 Å². The Morgan fingerprint density at radius 1 is 0.765 bits per heavy atom.